The maximum atomic E-state index is 13.2. The van der Waals surface area contributed by atoms with Crippen LogP contribution in [0.5, 0.6) is 0 Å². The Bertz CT molecular complexity index is 1060. The molecule has 0 saturated carbocycles. The molecule has 0 atom stereocenters. The Kier molecular flexibility index (Phi) is 5.27. The number of thiophene rings is 1. The molecule has 1 N–H and O–H groups in total. The number of benzene rings is 1. The van der Waals surface area contributed by atoms with Crippen LogP contribution in [-0.4, -0.2) is 21.7 Å². The number of imide groups is 1. The van der Waals surface area contributed by atoms with Gasteiger partial charge in [0.15, 0.2) is 0 Å². The van der Waals surface area contributed by atoms with Crippen molar-refractivity contribution in [3.05, 3.63) is 88.0 Å². The summed E-state index contributed by atoms with van der Waals surface area (Å²) in [5, 5.41) is 5.11. The minimum Gasteiger partial charge on any atom is -0.350 e. The molecule has 146 valence electrons. The Hall–Kier alpha value is -3.25. The number of hydrogen-bond donors (Lipinski definition) is 1. The quantitative estimate of drug-likeness (QED) is 0.608. The van der Waals surface area contributed by atoms with Crippen LogP contribution < -0.4 is 5.32 Å². The summed E-state index contributed by atoms with van der Waals surface area (Å²) < 4.78 is 0. The highest BCUT2D eigenvalue weighted by Crippen LogP contribution is 2.33. The van der Waals surface area contributed by atoms with Crippen molar-refractivity contribution in [3.8, 4) is 0 Å². The number of rotatable bonds is 6. The molecule has 3 aromatic rings. The molecule has 0 spiro atoms. The second-order valence-electron chi connectivity index (χ2n) is 7.18. The molecule has 0 bridgehead atoms. The fourth-order valence-electron chi connectivity index (χ4n) is 3.25. The van der Waals surface area contributed by atoms with Crippen molar-refractivity contribution in [2.45, 2.75) is 26.3 Å². The first-order chi connectivity index (χ1) is 14.0. The van der Waals surface area contributed by atoms with E-state index in [1.807, 2.05) is 41.8 Å². The van der Waals surface area contributed by atoms with Crippen molar-refractivity contribution in [2.75, 3.05) is 5.32 Å². The van der Waals surface area contributed by atoms with Gasteiger partial charge in [-0.3, -0.25) is 19.5 Å². The van der Waals surface area contributed by atoms with E-state index < -0.39 is 0 Å². The predicted molar refractivity (Wildman–Crippen MR) is 115 cm³/mol. The highest BCUT2D eigenvalue weighted by molar-refractivity contribution is 7.11. The van der Waals surface area contributed by atoms with Crippen LogP contribution >= 0.6 is 11.3 Å². The van der Waals surface area contributed by atoms with E-state index in [9.17, 15) is 9.59 Å². The summed E-state index contributed by atoms with van der Waals surface area (Å²) in [6, 6.07) is 15.3. The molecule has 2 amide bonds. The third kappa shape index (κ3) is 3.84. The van der Waals surface area contributed by atoms with Crippen molar-refractivity contribution in [1.29, 1.82) is 0 Å². The molecule has 6 heteroatoms. The van der Waals surface area contributed by atoms with Crippen LogP contribution in [0, 0.1) is 0 Å². The SMILES string of the molecule is CC(C)c1ccc(NC2=C(c3cccs3)C(=O)N(Cc3ccncc3)C2=O)cc1. The standard InChI is InChI=1S/C23H21N3O2S/c1-15(2)17-5-7-18(8-6-17)25-21-20(19-4-3-13-29-19)22(27)26(23(21)28)14-16-9-11-24-12-10-16/h3-13,15,25H,14H2,1-2H3. The third-order valence-corrected chi connectivity index (χ3v) is 5.76. The molecule has 0 aliphatic carbocycles. The van der Waals surface area contributed by atoms with E-state index in [-0.39, 0.29) is 18.4 Å². The smallest absolute Gasteiger partial charge is 0.278 e. The monoisotopic (exact) mass is 403 g/mol. The number of nitrogens with zero attached hydrogens (tertiary/aromatic N) is 2. The number of pyridine rings is 1. The zero-order valence-electron chi connectivity index (χ0n) is 16.3. The van der Waals surface area contributed by atoms with Gasteiger partial charge in [-0.1, -0.05) is 32.0 Å². The molecule has 0 fully saturated rings. The number of aromatic nitrogens is 1. The minimum atomic E-state index is -0.317. The fourth-order valence-corrected chi connectivity index (χ4v) is 4.02. The first kappa shape index (κ1) is 19.1. The van der Waals surface area contributed by atoms with Gasteiger partial charge in [-0.05, 0) is 52.8 Å². The van der Waals surface area contributed by atoms with Gasteiger partial charge in [0, 0.05) is 23.0 Å². The Morgan fingerprint density at radius 2 is 1.72 bits per heavy atom. The van der Waals surface area contributed by atoms with Gasteiger partial charge in [0.2, 0.25) is 0 Å². The van der Waals surface area contributed by atoms with Gasteiger partial charge in [0.1, 0.15) is 5.70 Å². The van der Waals surface area contributed by atoms with Gasteiger partial charge in [0.25, 0.3) is 11.8 Å². The number of amides is 2. The second kappa shape index (κ2) is 8.01. The molecule has 2 aromatic heterocycles. The van der Waals surface area contributed by atoms with E-state index in [0.29, 0.717) is 17.2 Å². The lowest BCUT2D eigenvalue weighted by Crippen LogP contribution is -2.31. The van der Waals surface area contributed by atoms with E-state index in [2.05, 4.69) is 24.1 Å². The molecule has 0 saturated heterocycles. The van der Waals surface area contributed by atoms with E-state index in [0.717, 1.165) is 16.1 Å². The van der Waals surface area contributed by atoms with Crippen LogP contribution in [0.2, 0.25) is 0 Å². The van der Waals surface area contributed by atoms with Crippen LogP contribution in [0.4, 0.5) is 5.69 Å². The molecule has 1 aliphatic rings. The summed E-state index contributed by atoms with van der Waals surface area (Å²) in [7, 11) is 0. The number of anilines is 1. The van der Waals surface area contributed by atoms with E-state index in [4.69, 9.17) is 0 Å². The van der Waals surface area contributed by atoms with Crippen molar-refractivity contribution < 1.29 is 9.59 Å². The van der Waals surface area contributed by atoms with Crippen molar-refractivity contribution in [3.63, 3.8) is 0 Å². The lowest BCUT2D eigenvalue weighted by atomic mass is 10.0. The number of nitrogens with one attached hydrogen (secondary N) is 1. The second-order valence-corrected chi connectivity index (χ2v) is 8.13. The zero-order chi connectivity index (χ0) is 20.4. The summed E-state index contributed by atoms with van der Waals surface area (Å²) in [5.74, 6) is -0.172. The van der Waals surface area contributed by atoms with E-state index in [1.165, 1.54) is 21.8 Å². The lowest BCUT2D eigenvalue weighted by molar-refractivity contribution is -0.137. The molecular weight excluding hydrogens is 382 g/mol. The van der Waals surface area contributed by atoms with Gasteiger partial charge in [-0.15, -0.1) is 11.3 Å². The van der Waals surface area contributed by atoms with Crippen LogP contribution in [0.3, 0.4) is 0 Å². The highest BCUT2D eigenvalue weighted by Gasteiger charge is 2.39. The first-order valence-electron chi connectivity index (χ1n) is 9.45. The summed E-state index contributed by atoms with van der Waals surface area (Å²) in [6.07, 6.45) is 3.31. The van der Waals surface area contributed by atoms with E-state index >= 15 is 0 Å². The maximum absolute atomic E-state index is 13.2. The Morgan fingerprint density at radius 1 is 1.00 bits per heavy atom. The fraction of sp³-hybridized carbons (Fsp3) is 0.174. The minimum absolute atomic E-state index is 0.215. The lowest BCUT2D eigenvalue weighted by Gasteiger charge is -2.15. The number of carbonyl (C=O) groups is 2. The number of carbonyl (C=O) groups excluding carboxylic acids is 2. The summed E-state index contributed by atoms with van der Waals surface area (Å²) in [4.78, 5) is 32.4. The maximum Gasteiger partial charge on any atom is 0.278 e. The molecule has 29 heavy (non-hydrogen) atoms. The van der Waals surface area contributed by atoms with Gasteiger partial charge >= 0.3 is 0 Å². The molecule has 4 rings (SSSR count). The average Bonchev–Trinajstić information content (AvgIpc) is 3.33. The van der Waals surface area contributed by atoms with Crippen molar-refractivity contribution >= 4 is 34.4 Å². The predicted octanol–water partition coefficient (Wildman–Crippen LogP) is 4.66. The van der Waals surface area contributed by atoms with Gasteiger partial charge in [-0.25, -0.2) is 0 Å². The summed E-state index contributed by atoms with van der Waals surface area (Å²) >= 11 is 1.45. The topological polar surface area (TPSA) is 62.3 Å². The Labute approximate surface area is 173 Å². The van der Waals surface area contributed by atoms with Crippen molar-refractivity contribution in [1.82, 2.24) is 9.88 Å². The molecule has 5 nitrogen and oxygen atoms in total. The van der Waals surface area contributed by atoms with Crippen LogP contribution in [0.1, 0.15) is 35.8 Å². The largest absolute Gasteiger partial charge is 0.350 e. The van der Waals surface area contributed by atoms with Crippen molar-refractivity contribution in [2.24, 2.45) is 0 Å². The normalized spacial score (nSPS) is 14.2. The van der Waals surface area contributed by atoms with Gasteiger partial charge < -0.3 is 5.32 Å². The summed E-state index contributed by atoms with van der Waals surface area (Å²) in [6.45, 7) is 4.48. The Balaban J connectivity index is 1.67. The van der Waals surface area contributed by atoms with Crippen LogP contribution in [0.15, 0.2) is 72.0 Å². The average molecular weight is 404 g/mol. The molecule has 3 heterocycles. The molecule has 0 radical (unpaired) electrons. The molecule has 1 aromatic carbocycles. The molecule has 0 unspecified atom stereocenters. The first-order valence-corrected chi connectivity index (χ1v) is 10.3. The Morgan fingerprint density at radius 3 is 2.34 bits per heavy atom. The van der Waals surface area contributed by atoms with Gasteiger partial charge in [-0.2, -0.15) is 0 Å². The van der Waals surface area contributed by atoms with Gasteiger partial charge in [0.05, 0.1) is 12.1 Å². The number of hydrogen-bond acceptors (Lipinski definition) is 5. The third-order valence-electron chi connectivity index (χ3n) is 4.87. The van der Waals surface area contributed by atoms with Crippen LogP contribution in [0.25, 0.3) is 5.57 Å². The van der Waals surface area contributed by atoms with E-state index in [1.54, 1.807) is 24.5 Å². The highest BCUT2D eigenvalue weighted by atomic mass is 32.1. The summed E-state index contributed by atoms with van der Waals surface area (Å²) in [5.41, 5.74) is 3.60. The molecule has 1 aliphatic heterocycles. The zero-order valence-corrected chi connectivity index (χ0v) is 17.1. The van der Waals surface area contributed by atoms with Crippen LogP contribution in [-0.2, 0) is 16.1 Å². The molecular formula is C23H21N3O2S.